The predicted molar refractivity (Wildman–Crippen MR) is 90.9 cm³/mol. The third kappa shape index (κ3) is 4.32. The lowest BCUT2D eigenvalue weighted by Crippen LogP contribution is -2.01. The van der Waals surface area contributed by atoms with Crippen LogP contribution < -0.4 is 5.32 Å². The Morgan fingerprint density at radius 3 is 2.75 bits per heavy atom. The molecule has 3 rings (SSSR count). The van der Waals surface area contributed by atoms with Gasteiger partial charge in [-0.05, 0) is 35.9 Å². The Balaban J connectivity index is 1.54. The van der Waals surface area contributed by atoms with E-state index in [1.807, 2.05) is 30.3 Å². The van der Waals surface area contributed by atoms with Gasteiger partial charge in [0.1, 0.15) is 0 Å². The number of H-pyrrole nitrogens is 1. The fraction of sp³-hybridized carbons (Fsp3) is 0.125. The number of nitrogens with one attached hydrogen (secondary N) is 2. The Labute approximate surface area is 142 Å². The van der Waals surface area contributed by atoms with Crippen molar-refractivity contribution in [2.45, 2.75) is 17.2 Å². The van der Waals surface area contributed by atoms with Crippen LogP contribution in [-0.2, 0) is 12.3 Å². The van der Waals surface area contributed by atoms with Gasteiger partial charge >= 0.3 is 5.97 Å². The smallest absolute Gasteiger partial charge is 0.335 e. The molecule has 0 saturated heterocycles. The zero-order valence-electron chi connectivity index (χ0n) is 12.6. The van der Waals surface area contributed by atoms with Gasteiger partial charge in [0.15, 0.2) is 5.82 Å². The van der Waals surface area contributed by atoms with E-state index in [1.54, 1.807) is 30.0 Å². The van der Waals surface area contributed by atoms with Gasteiger partial charge in [-0.3, -0.25) is 0 Å². The molecule has 0 aliphatic heterocycles. The highest BCUT2D eigenvalue weighted by molar-refractivity contribution is 7.98. The van der Waals surface area contributed by atoms with Crippen molar-refractivity contribution >= 4 is 23.4 Å². The van der Waals surface area contributed by atoms with Crippen molar-refractivity contribution in [1.29, 1.82) is 0 Å². The Kier molecular flexibility index (Phi) is 5.07. The number of aromatic nitrogens is 4. The molecule has 2 aromatic carbocycles. The Bertz CT molecular complexity index is 806. The van der Waals surface area contributed by atoms with Gasteiger partial charge in [0, 0.05) is 17.1 Å². The lowest BCUT2D eigenvalue weighted by Gasteiger charge is -2.08. The highest BCUT2D eigenvalue weighted by Crippen LogP contribution is 2.21. The molecule has 7 nitrogen and oxygen atoms in total. The maximum absolute atomic E-state index is 11.0. The summed E-state index contributed by atoms with van der Waals surface area (Å²) in [4.78, 5) is 12.1. The van der Waals surface area contributed by atoms with Crippen molar-refractivity contribution < 1.29 is 9.90 Å². The maximum atomic E-state index is 11.0. The number of aromatic amines is 1. The lowest BCUT2D eigenvalue weighted by molar-refractivity contribution is 0.0697. The van der Waals surface area contributed by atoms with E-state index in [0.717, 1.165) is 16.1 Å². The van der Waals surface area contributed by atoms with Crippen molar-refractivity contribution in [3.63, 3.8) is 0 Å². The topological polar surface area (TPSA) is 104 Å². The van der Waals surface area contributed by atoms with Crippen LogP contribution in [0.2, 0.25) is 0 Å². The van der Waals surface area contributed by atoms with Crippen molar-refractivity contribution in [3.05, 3.63) is 65.5 Å². The SMILES string of the molecule is O=C(O)c1cccc(NCc2ccc(SCc3nn[nH]n3)cc2)c1. The average Bonchev–Trinajstić information content (AvgIpc) is 3.13. The van der Waals surface area contributed by atoms with Crippen LogP contribution in [0.5, 0.6) is 0 Å². The Hall–Kier alpha value is -2.87. The summed E-state index contributed by atoms with van der Waals surface area (Å²) in [7, 11) is 0. The molecule has 0 fully saturated rings. The molecule has 0 amide bonds. The van der Waals surface area contributed by atoms with Crippen LogP contribution in [0.1, 0.15) is 21.7 Å². The van der Waals surface area contributed by atoms with Crippen LogP contribution in [0.4, 0.5) is 5.69 Å². The van der Waals surface area contributed by atoms with Gasteiger partial charge in [0.2, 0.25) is 0 Å². The zero-order valence-corrected chi connectivity index (χ0v) is 13.5. The monoisotopic (exact) mass is 341 g/mol. The largest absolute Gasteiger partial charge is 0.478 e. The number of thioether (sulfide) groups is 1. The van der Waals surface area contributed by atoms with Gasteiger partial charge in [0.05, 0.1) is 11.3 Å². The van der Waals surface area contributed by atoms with E-state index < -0.39 is 5.97 Å². The number of anilines is 1. The molecule has 3 aromatic rings. The number of rotatable bonds is 7. The van der Waals surface area contributed by atoms with E-state index in [9.17, 15) is 4.79 Å². The minimum atomic E-state index is -0.929. The number of nitrogens with zero attached hydrogens (tertiary/aromatic N) is 3. The first-order valence-corrected chi connectivity index (χ1v) is 8.20. The summed E-state index contributed by atoms with van der Waals surface area (Å²) >= 11 is 1.64. The van der Waals surface area contributed by atoms with Gasteiger partial charge < -0.3 is 10.4 Å². The van der Waals surface area contributed by atoms with E-state index in [-0.39, 0.29) is 5.56 Å². The third-order valence-corrected chi connectivity index (χ3v) is 4.29. The number of hydrogen-bond acceptors (Lipinski definition) is 6. The predicted octanol–water partition coefficient (Wildman–Crippen LogP) is 2.80. The molecular formula is C16H15N5O2S. The summed E-state index contributed by atoms with van der Waals surface area (Å²) in [6, 6.07) is 14.9. The molecule has 0 radical (unpaired) electrons. The second-order valence-electron chi connectivity index (χ2n) is 5.00. The van der Waals surface area contributed by atoms with E-state index in [1.165, 1.54) is 0 Å². The maximum Gasteiger partial charge on any atom is 0.335 e. The van der Waals surface area contributed by atoms with E-state index in [4.69, 9.17) is 5.11 Å². The molecule has 0 bridgehead atoms. The molecule has 0 aliphatic rings. The summed E-state index contributed by atoms with van der Waals surface area (Å²) in [5.74, 6) is 0.404. The normalized spacial score (nSPS) is 10.5. The quantitative estimate of drug-likeness (QED) is 0.568. The minimum Gasteiger partial charge on any atom is -0.478 e. The number of carboxylic acid groups (broad SMARTS) is 1. The summed E-state index contributed by atoms with van der Waals surface area (Å²) in [6.45, 7) is 0.624. The zero-order chi connectivity index (χ0) is 16.8. The van der Waals surface area contributed by atoms with E-state index in [2.05, 4.69) is 25.9 Å². The van der Waals surface area contributed by atoms with Crippen molar-refractivity contribution in [1.82, 2.24) is 20.6 Å². The molecule has 0 saturated carbocycles. The van der Waals surface area contributed by atoms with Gasteiger partial charge in [0.25, 0.3) is 0 Å². The number of aromatic carboxylic acids is 1. The molecule has 1 aromatic heterocycles. The van der Waals surface area contributed by atoms with Gasteiger partial charge in [-0.25, -0.2) is 4.79 Å². The second kappa shape index (κ2) is 7.60. The number of tetrazole rings is 1. The van der Waals surface area contributed by atoms with Crippen molar-refractivity contribution in [3.8, 4) is 0 Å². The van der Waals surface area contributed by atoms with Crippen LogP contribution in [0.15, 0.2) is 53.4 Å². The van der Waals surface area contributed by atoms with Gasteiger partial charge in [-0.15, -0.1) is 22.0 Å². The van der Waals surface area contributed by atoms with Gasteiger partial charge in [-0.2, -0.15) is 5.21 Å². The highest BCUT2D eigenvalue weighted by atomic mass is 32.2. The van der Waals surface area contributed by atoms with Crippen molar-refractivity contribution in [2.24, 2.45) is 0 Å². The second-order valence-corrected chi connectivity index (χ2v) is 6.05. The molecule has 3 N–H and O–H groups in total. The summed E-state index contributed by atoms with van der Waals surface area (Å²) in [5, 5.41) is 26.0. The molecule has 24 heavy (non-hydrogen) atoms. The Morgan fingerprint density at radius 1 is 1.21 bits per heavy atom. The molecule has 122 valence electrons. The van der Waals surface area contributed by atoms with Crippen LogP contribution in [-0.4, -0.2) is 31.7 Å². The average molecular weight is 341 g/mol. The molecule has 0 spiro atoms. The summed E-state index contributed by atoms with van der Waals surface area (Å²) < 4.78 is 0. The third-order valence-electron chi connectivity index (χ3n) is 3.29. The fourth-order valence-electron chi connectivity index (χ4n) is 2.06. The standard InChI is InChI=1S/C16H15N5O2S/c22-16(23)12-2-1-3-13(8-12)17-9-11-4-6-14(7-5-11)24-10-15-18-20-21-19-15/h1-8,17H,9-10H2,(H,22,23)(H,18,19,20,21). The van der Waals surface area contributed by atoms with E-state index in [0.29, 0.717) is 18.1 Å². The number of hydrogen-bond donors (Lipinski definition) is 3. The molecule has 0 unspecified atom stereocenters. The fourth-order valence-corrected chi connectivity index (χ4v) is 2.81. The summed E-state index contributed by atoms with van der Waals surface area (Å²) in [6.07, 6.45) is 0. The summed E-state index contributed by atoms with van der Waals surface area (Å²) in [5.41, 5.74) is 2.17. The van der Waals surface area contributed by atoms with Crippen LogP contribution in [0.25, 0.3) is 0 Å². The number of benzene rings is 2. The van der Waals surface area contributed by atoms with E-state index >= 15 is 0 Å². The molecule has 0 aliphatic carbocycles. The molecule has 8 heteroatoms. The first-order chi connectivity index (χ1) is 11.7. The highest BCUT2D eigenvalue weighted by Gasteiger charge is 2.03. The number of carbonyl (C=O) groups is 1. The Morgan fingerprint density at radius 2 is 2.04 bits per heavy atom. The van der Waals surface area contributed by atoms with Crippen LogP contribution in [0, 0.1) is 0 Å². The van der Waals surface area contributed by atoms with Crippen LogP contribution in [0.3, 0.4) is 0 Å². The van der Waals surface area contributed by atoms with Crippen LogP contribution >= 0.6 is 11.8 Å². The first kappa shape index (κ1) is 16.0. The van der Waals surface area contributed by atoms with Crippen molar-refractivity contribution in [2.75, 3.05) is 5.32 Å². The molecular weight excluding hydrogens is 326 g/mol. The molecule has 1 heterocycles. The minimum absolute atomic E-state index is 0.271. The lowest BCUT2D eigenvalue weighted by atomic mass is 10.2. The number of carboxylic acids is 1. The molecule has 0 atom stereocenters. The first-order valence-electron chi connectivity index (χ1n) is 7.22. The van der Waals surface area contributed by atoms with Gasteiger partial charge in [-0.1, -0.05) is 23.4 Å².